The zero-order chi connectivity index (χ0) is 13.0. The van der Waals surface area contributed by atoms with Crippen LogP contribution in [0.5, 0.6) is 0 Å². The Bertz CT molecular complexity index is 610. The second-order valence-electron chi connectivity index (χ2n) is 4.16. The topological polar surface area (TPSA) is 29.1 Å². The summed E-state index contributed by atoms with van der Waals surface area (Å²) in [5, 5.41) is 5.00. The van der Waals surface area contributed by atoms with Crippen LogP contribution >= 0.6 is 0 Å². The highest BCUT2D eigenvalue weighted by Crippen LogP contribution is 2.15. The van der Waals surface area contributed by atoms with Crippen molar-refractivity contribution in [2.24, 2.45) is 0 Å². The molecule has 0 heterocycles. The van der Waals surface area contributed by atoms with Crippen molar-refractivity contribution < 1.29 is 4.79 Å². The van der Waals surface area contributed by atoms with E-state index in [1.165, 1.54) is 0 Å². The number of carbonyl (C=O) groups excluding carboxylic acids is 1. The fourth-order valence-corrected chi connectivity index (χ4v) is 1.83. The SMILES string of the molecule is C#CC(CC)NC(=O)c1ccc2ccccc2c1. The molecule has 0 aliphatic carbocycles. The fourth-order valence-electron chi connectivity index (χ4n) is 1.83. The lowest BCUT2D eigenvalue weighted by molar-refractivity contribution is 0.0945. The van der Waals surface area contributed by atoms with Gasteiger partial charge in [-0.25, -0.2) is 0 Å². The highest BCUT2D eigenvalue weighted by atomic mass is 16.1. The van der Waals surface area contributed by atoms with Gasteiger partial charge in [-0.05, 0) is 29.3 Å². The second-order valence-corrected chi connectivity index (χ2v) is 4.16. The lowest BCUT2D eigenvalue weighted by atomic mass is 10.1. The Morgan fingerprint density at radius 3 is 2.67 bits per heavy atom. The standard InChI is InChI=1S/C16H15NO/c1-3-15(4-2)17-16(18)14-10-9-12-7-5-6-8-13(12)11-14/h1,5-11,15H,4H2,2H3,(H,17,18). The zero-order valence-corrected chi connectivity index (χ0v) is 10.3. The van der Waals surface area contributed by atoms with E-state index in [1.807, 2.05) is 49.4 Å². The largest absolute Gasteiger partial charge is 0.338 e. The molecular formula is C16H15NO. The van der Waals surface area contributed by atoms with E-state index in [-0.39, 0.29) is 11.9 Å². The van der Waals surface area contributed by atoms with Gasteiger partial charge < -0.3 is 5.32 Å². The number of carbonyl (C=O) groups is 1. The maximum absolute atomic E-state index is 12.0. The van der Waals surface area contributed by atoms with Gasteiger partial charge in [0.25, 0.3) is 5.91 Å². The van der Waals surface area contributed by atoms with Crippen molar-refractivity contribution in [1.29, 1.82) is 0 Å². The first-order valence-electron chi connectivity index (χ1n) is 6.00. The maximum atomic E-state index is 12.0. The van der Waals surface area contributed by atoms with Crippen LogP contribution in [-0.2, 0) is 0 Å². The summed E-state index contributed by atoms with van der Waals surface area (Å²) in [6, 6.07) is 13.4. The molecule has 0 spiro atoms. The third-order valence-corrected chi connectivity index (χ3v) is 2.93. The first-order valence-corrected chi connectivity index (χ1v) is 6.00. The van der Waals surface area contributed by atoms with E-state index in [2.05, 4.69) is 11.2 Å². The molecule has 2 aromatic carbocycles. The first kappa shape index (κ1) is 12.2. The third-order valence-electron chi connectivity index (χ3n) is 2.93. The quantitative estimate of drug-likeness (QED) is 0.817. The summed E-state index contributed by atoms with van der Waals surface area (Å²) in [6.45, 7) is 1.95. The number of rotatable bonds is 3. The number of terminal acetylenes is 1. The molecule has 0 fully saturated rings. The van der Waals surface area contributed by atoms with Crippen molar-refractivity contribution >= 4 is 16.7 Å². The Kier molecular flexibility index (Phi) is 3.64. The van der Waals surface area contributed by atoms with Crippen LogP contribution in [0, 0.1) is 12.3 Å². The molecule has 2 heteroatoms. The molecule has 1 atom stereocenters. The van der Waals surface area contributed by atoms with Gasteiger partial charge in [-0.3, -0.25) is 4.79 Å². The Labute approximate surface area is 107 Å². The molecule has 2 nitrogen and oxygen atoms in total. The van der Waals surface area contributed by atoms with Crippen LogP contribution in [0.2, 0.25) is 0 Å². The third kappa shape index (κ3) is 2.52. The van der Waals surface area contributed by atoms with Gasteiger partial charge in [-0.1, -0.05) is 43.2 Å². The van der Waals surface area contributed by atoms with Gasteiger partial charge >= 0.3 is 0 Å². The first-order chi connectivity index (χ1) is 8.74. The van der Waals surface area contributed by atoms with E-state index in [0.29, 0.717) is 5.56 Å². The minimum atomic E-state index is -0.205. The van der Waals surface area contributed by atoms with Crippen LogP contribution in [0.4, 0.5) is 0 Å². The number of hydrogen-bond donors (Lipinski definition) is 1. The summed E-state index contributed by atoms with van der Waals surface area (Å²) in [4.78, 5) is 12.0. The lowest BCUT2D eigenvalue weighted by Crippen LogP contribution is -2.33. The van der Waals surface area contributed by atoms with Gasteiger partial charge in [0.1, 0.15) is 0 Å². The highest BCUT2D eigenvalue weighted by molar-refractivity contribution is 5.98. The molecule has 2 rings (SSSR count). The van der Waals surface area contributed by atoms with Crippen molar-refractivity contribution in [3.63, 3.8) is 0 Å². The molecule has 0 radical (unpaired) electrons. The summed E-state index contributed by atoms with van der Waals surface area (Å²) >= 11 is 0. The molecule has 0 saturated heterocycles. The Morgan fingerprint density at radius 2 is 2.00 bits per heavy atom. The van der Waals surface area contributed by atoms with E-state index in [0.717, 1.165) is 17.2 Å². The molecule has 90 valence electrons. The Morgan fingerprint density at radius 1 is 1.28 bits per heavy atom. The number of benzene rings is 2. The average Bonchev–Trinajstić information content (AvgIpc) is 2.44. The van der Waals surface area contributed by atoms with Crippen molar-refractivity contribution in [2.75, 3.05) is 0 Å². The van der Waals surface area contributed by atoms with Gasteiger partial charge in [0.15, 0.2) is 0 Å². The molecular weight excluding hydrogens is 222 g/mol. The zero-order valence-electron chi connectivity index (χ0n) is 10.3. The van der Waals surface area contributed by atoms with E-state index in [4.69, 9.17) is 6.42 Å². The summed E-state index contributed by atoms with van der Waals surface area (Å²) in [5.74, 6) is 2.44. The monoisotopic (exact) mass is 237 g/mol. The van der Waals surface area contributed by atoms with E-state index < -0.39 is 0 Å². The van der Waals surface area contributed by atoms with E-state index in [1.54, 1.807) is 0 Å². The Hall–Kier alpha value is -2.27. The molecule has 0 saturated carbocycles. The molecule has 1 N–H and O–H groups in total. The average molecular weight is 237 g/mol. The van der Waals surface area contributed by atoms with Gasteiger partial charge in [0.2, 0.25) is 0 Å². The summed E-state index contributed by atoms with van der Waals surface area (Å²) in [5.41, 5.74) is 0.641. The lowest BCUT2D eigenvalue weighted by Gasteiger charge is -2.11. The highest BCUT2D eigenvalue weighted by Gasteiger charge is 2.10. The molecule has 0 aliphatic heterocycles. The van der Waals surface area contributed by atoms with Crippen molar-refractivity contribution in [3.8, 4) is 12.3 Å². The molecule has 0 aromatic heterocycles. The normalized spacial score (nSPS) is 11.8. The minimum Gasteiger partial charge on any atom is -0.338 e. The maximum Gasteiger partial charge on any atom is 0.252 e. The predicted molar refractivity (Wildman–Crippen MR) is 74.3 cm³/mol. The molecule has 1 unspecified atom stereocenters. The summed E-state index contributed by atoms with van der Waals surface area (Å²) in [6.07, 6.45) is 6.07. The molecule has 0 aliphatic rings. The van der Waals surface area contributed by atoms with Crippen molar-refractivity contribution in [1.82, 2.24) is 5.32 Å². The minimum absolute atomic E-state index is 0.120. The van der Waals surface area contributed by atoms with Gasteiger partial charge in [0, 0.05) is 5.56 Å². The molecule has 2 aromatic rings. The van der Waals surface area contributed by atoms with Crippen molar-refractivity contribution in [2.45, 2.75) is 19.4 Å². The van der Waals surface area contributed by atoms with E-state index in [9.17, 15) is 4.79 Å². The van der Waals surface area contributed by atoms with Gasteiger partial charge in [-0.2, -0.15) is 0 Å². The van der Waals surface area contributed by atoms with Crippen LogP contribution in [0.1, 0.15) is 23.7 Å². The van der Waals surface area contributed by atoms with Crippen LogP contribution < -0.4 is 5.32 Å². The number of fused-ring (bicyclic) bond motifs is 1. The summed E-state index contributed by atoms with van der Waals surface area (Å²) in [7, 11) is 0. The smallest absolute Gasteiger partial charge is 0.252 e. The summed E-state index contributed by atoms with van der Waals surface area (Å²) < 4.78 is 0. The number of amides is 1. The molecule has 0 bridgehead atoms. The predicted octanol–water partition coefficient (Wildman–Crippen LogP) is 2.98. The van der Waals surface area contributed by atoms with Crippen LogP contribution in [0.3, 0.4) is 0 Å². The second kappa shape index (κ2) is 5.37. The van der Waals surface area contributed by atoms with Crippen LogP contribution in [0.25, 0.3) is 10.8 Å². The Balaban J connectivity index is 2.26. The van der Waals surface area contributed by atoms with E-state index >= 15 is 0 Å². The number of nitrogens with one attached hydrogen (secondary N) is 1. The molecule has 1 amide bonds. The van der Waals surface area contributed by atoms with Gasteiger partial charge in [-0.15, -0.1) is 6.42 Å². The molecule has 18 heavy (non-hydrogen) atoms. The fraction of sp³-hybridized carbons (Fsp3) is 0.188. The van der Waals surface area contributed by atoms with Crippen molar-refractivity contribution in [3.05, 3.63) is 48.0 Å². The number of hydrogen-bond acceptors (Lipinski definition) is 1. The van der Waals surface area contributed by atoms with Crippen LogP contribution in [0.15, 0.2) is 42.5 Å². The van der Waals surface area contributed by atoms with Crippen LogP contribution in [-0.4, -0.2) is 11.9 Å². The van der Waals surface area contributed by atoms with Gasteiger partial charge in [0.05, 0.1) is 6.04 Å².